The zero-order chi connectivity index (χ0) is 27.5. The van der Waals surface area contributed by atoms with Crippen LogP contribution in [0.25, 0.3) is 0 Å². The molecule has 2 heterocycles. The molecule has 0 saturated heterocycles. The topological polar surface area (TPSA) is 57.6 Å². The summed E-state index contributed by atoms with van der Waals surface area (Å²) in [6.07, 6.45) is 0. The van der Waals surface area contributed by atoms with Crippen molar-refractivity contribution in [3.8, 4) is 0 Å². The van der Waals surface area contributed by atoms with E-state index in [4.69, 9.17) is 23.2 Å². The third-order valence-corrected chi connectivity index (χ3v) is 7.73. The molecule has 0 unspecified atom stereocenters. The van der Waals surface area contributed by atoms with Gasteiger partial charge in [-0.2, -0.15) is 0 Å². The molecule has 0 radical (unpaired) electrons. The first kappa shape index (κ1) is 27.0. The minimum Gasteiger partial charge on any atom is -0.341 e. The van der Waals surface area contributed by atoms with Crippen LogP contribution in [0.5, 0.6) is 0 Å². The van der Waals surface area contributed by atoms with Crippen molar-refractivity contribution >= 4 is 46.4 Å². The van der Waals surface area contributed by atoms with Gasteiger partial charge in [-0.3, -0.25) is 14.5 Å². The van der Waals surface area contributed by atoms with Crippen molar-refractivity contribution in [1.29, 1.82) is 0 Å². The highest BCUT2D eigenvalue weighted by Crippen LogP contribution is 2.31. The van der Waals surface area contributed by atoms with E-state index in [9.17, 15) is 9.59 Å². The number of nitrogens with one attached hydrogen (secondary N) is 1. The Kier molecular flexibility index (Phi) is 8.07. The summed E-state index contributed by atoms with van der Waals surface area (Å²) >= 11 is 12.1. The molecule has 0 atom stereocenters. The van der Waals surface area contributed by atoms with E-state index in [1.165, 1.54) is 11.8 Å². The summed E-state index contributed by atoms with van der Waals surface area (Å²) in [6.45, 7) is 8.39. The molecule has 200 valence electrons. The van der Waals surface area contributed by atoms with Gasteiger partial charge in [0, 0.05) is 46.4 Å². The first-order chi connectivity index (χ1) is 18.9. The summed E-state index contributed by atoms with van der Waals surface area (Å²) in [7, 11) is 0. The molecule has 3 aromatic carbocycles. The second kappa shape index (κ2) is 11.7. The molecule has 8 heteroatoms. The maximum absolute atomic E-state index is 13.8. The van der Waals surface area contributed by atoms with Crippen molar-refractivity contribution in [2.45, 2.75) is 33.5 Å². The van der Waals surface area contributed by atoms with Gasteiger partial charge in [0.05, 0.1) is 17.1 Å². The highest BCUT2D eigenvalue weighted by atomic mass is 35.5. The monoisotopic (exact) mass is 560 g/mol. The first-order valence-corrected chi connectivity index (χ1v) is 13.8. The molecule has 39 heavy (non-hydrogen) atoms. The molecule has 0 fully saturated rings. The Bertz CT molecular complexity index is 1510. The number of hydrogen-bond acceptors (Lipinski definition) is 3. The number of hydrogen-bond donors (Lipinski definition) is 1. The van der Waals surface area contributed by atoms with Gasteiger partial charge >= 0.3 is 0 Å². The van der Waals surface area contributed by atoms with Crippen LogP contribution in [0.4, 0.5) is 11.4 Å². The fourth-order valence-electron chi connectivity index (χ4n) is 4.94. The van der Waals surface area contributed by atoms with Crippen LogP contribution in [0.3, 0.4) is 0 Å². The van der Waals surface area contributed by atoms with Crippen LogP contribution >= 0.6 is 23.2 Å². The molecule has 1 N–H and O–H groups in total. The van der Waals surface area contributed by atoms with Gasteiger partial charge in [0.25, 0.3) is 11.8 Å². The Morgan fingerprint density at radius 3 is 2.36 bits per heavy atom. The van der Waals surface area contributed by atoms with E-state index in [0.717, 1.165) is 43.1 Å². The molecule has 1 aromatic heterocycles. The lowest BCUT2D eigenvalue weighted by molar-refractivity contribution is 0.0983. The number of halogens is 2. The van der Waals surface area contributed by atoms with Crippen LogP contribution in [0, 0.1) is 0 Å². The first-order valence-electron chi connectivity index (χ1n) is 13.0. The lowest BCUT2D eigenvalue weighted by Crippen LogP contribution is -2.30. The normalized spacial score (nSPS) is 12.6. The van der Waals surface area contributed by atoms with E-state index in [2.05, 4.69) is 46.8 Å². The van der Waals surface area contributed by atoms with Crippen LogP contribution in [0.2, 0.25) is 10.0 Å². The summed E-state index contributed by atoms with van der Waals surface area (Å²) in [6, 6.07) is 24.0. The molecule has 5 rings (SSSR count). The van der Waals surface area contributed by atoms with E-state index in [0.29, 0.717) is 28.4 Å². The summed E-state index contributed by atoms with van der Waals surface area (Å²) in [5.41, 5.74) is 5.79. The molecule has 0 spiro atoms. The number of rotatable bonds is 7. The van der Waals surface area contributed by atoms with E-state index >= 15 is 0 Å². The molecule has 2 amide bonds. The van der Waals surface area contributed by atoms with Crippen LogP contribution in [-0.4, -0.2) is 34.4 Å². The number of carbonyl (C=O) groups excluding carboxylic acids is 2. The molecule has 6 nitrogen and oxygen atoms in total. The van der Waals surface area contributed by atoms with Crippen molar-refractivity contribution in [2.75, 3.05) is 23.3 Å². The summed E-state index contributed by atoms with van der Waals surface area (Å²) in [5.74, 6) is -0.445. The smallest absolute Gasteiger partial charge is 0.258 e. The van der Waals surface area contributed by atoms with Gasteiger partial charge in [0.15, 0.2) is 0 Å². The minimum absolute atomic E-state index is 0.0963. The van der Waals surface area contributed by atoms with Crippen molar-refractivity contribution in [3.05, 3.63) is 117 Å². The zero-order valence-electron chi connectivity index (χ0n) is 22.0. The number of aromatic nitrogens is 1. The SMILES string of the molecule is CCN(CC)Cc1ccc2n1Cc1ccccc1N(C(=O)c1ccc(NC(=O)c3ccc(Cl)cc3Cl)cc1)C2. The third kappa shape index (κ3) is 5.74. The van der Waals surface area contributed by atoms with Crippen LogP contribution < -0.4 is 10.2 Å². The number of amides is 2. The minimum atomic E-state index is -0.349. The Morgan fingerprint density at radius 1 is 0.897 bits per heavy atom. The van der Waals surface area contributed by atoms with Gasteiger partial charge in [0.1, 0.15) is 0 Å². The Labute approximate surface area is 238 Å². The molecule has 0 saturated carbocycles. The highest BCUT2D eigenvalue weighted by molar-refractivity contribution is 6.37. The average Bonchev–Trinajstić information content (AvgIpc) is 3.22. The number of fused-ring (bicyclic) bond motifs is 2. The van der Waals surface area contributed by atoms with Gasteiger partial charge in [0.2, 0.25) is 0 Å². The van der Waals surface area contributed by atoms with Gasteiger partial charge in [-0.05, 0) is 79.3 Å². The molecule has 0 aliphatic carbocycles. The maximum atomic E-state index is 13.8. The Hall–Kier alpha value is -3.58. The van der Waals surface area contributed by atoms with Gasteiger partial charge < -0.3 is 14.8 Å². The molecule has 4 aromatic rings. The number of nitrogens with zero attached hydrogens (tertiary/aromatic N) is 3. The van der Waals surface area contributed by atoms with Crippen molar-refractivity contribution < 1.29 is 9.59 Å². The van der Waals surface area contributed by atoms with Gasteiger partial charge in [-0.15, -0.1) is 0 Å². The fraction of sp³-hybridized carbons (Fsp3) is 0.226. The van der Waals surface area contributed by atoms with Crippen LogP contribution in [0.15, 0.2) is 78.9 Å². The predicted octanol–water partition coefficient (Wildman–Crippen LogP) is 7.10. The van der Waals surface area contributed by atoms with Crippen LogP contribution in [-0.2, 0) is 19.6 Å². The fourth-order valence-corrected chi connectivity index (χ4v) is 5.44. The Morgan fingerprint density at radius 2 is 1.64 bits per heavy atom. The summed E-state index contributed by atoms with van der Waals surface area (Å²) in [4.78, 5) is 30.8. The second-order valence-electron chi connectivity index (χ2n) is 9.54. The lowest BCUT2D eigenvalue weighted by atomic mass is 10.1. The maximum Gasteiger partial charge on any atom is 0.258 e. The van der Waals surface area contributed by atoms with Gasteiger partial charge in [-0.1, -0.05) is 55.2 Å². The summed E-state index contributed by atoms with van der Waals surface area (Å²) in [5, 5.41) is 3.57. The second-order valence-corrected chi connectivity index (χ2v) is 10.4. The number of carbonyl (C=O) groups is 2. The van der Waals surface area contributed by atoms with Crippen molar-refractivity contribution in [1.82, 2.24) is 9.47 Å². The van der Waals surface area contributed by atoms with E-state index in [-0.39, 0.29) is 16.8 Å². The van der Waals surface area contributed by atoms with E-state index in [1.54, 1.807) is 36.4 Å². The number of para-hydroxylation sites is 1. The predicted molar refractivity (Wildman–Crippen MR) is 158 cm³/mol. The van der Waals surface area contributed by atoms with E-state index in [1.807, 2.05) is 23.1 Å². The average molecular weight is 562 g/mol. The molecule has 0 bridgehead atoms. The van der Waals surface area contributed by atoms with Gasteiger partial charge in [-0.25, -0.2) is 0 Å². The largest absolute Gasteiger partial charge is 0.341 e. The van der Waals surface area contributed by atoms with Crippen molar-refractivity contribution in [2.24, 2.45) is 0 Å². The molecule has 1 aliphatic heterocycles. The highest BCUT2D eigenvalue weighted by Gasteiger charge is 2.26. The quantitative estimate of drug-likeness (QED) is 0.262. The number of benzene rings is 3. The van der Waals surface area contributed by atoms with E-state index < -0.39 is 0 Å². The number of anilines is 2. The lowest BCUT2D eigenvalue weighted by Gasteiger charge is -2.23. The third-order valence-electron chi connectivity index (χ3n) is 7.18. The standard InChI is InChI=1S/C31H30Cl2N4O2/c1-3-35(4-2)19-25-14-15-26-20-37(29-8-6-5-7-22(29)18-36(25)26)31(39)21-9-12-24(13-10-21)34-30(38)27-16-11-23(32)17-28(27)33/h5-17H,3-4,18-20H2,1-2H3,(H,34,38). The molecular formula is C31H30Cl2N4O2. The zero-order valence-corrected chi connectivity index (χ0v) is 23.5. The van der Waals surface area contributed by atoms with Crippen LogP contribution in [0.1, 0.15) is 51.5 Å². The molecule has 1 aliphatic rings. The summed E-state index contributed by atoms with van der Waals surface area (Å²) < 4.78 is 2.34. The Balaban J connectivity index is 1.38. The van der Waals surface area contributed by atoms with Crippen molar-refractivity contribution in [3.63, 3.8) is 0 Å². The molecular weight excluding hydrogens is 531 g/mol.